The minimum Gasteiger partial charge on any atom is -0.391 e. The average Bonchev–Trinajstić information content (AvgIpc) is 2.87. The first-order valence-corrected chi connectivity index (χ1v) is 8.63. The van der Waals surface area contributed by atoms with Gasteiger partial charge in [0.05, 0.1) is 33.7 Å². The van der Waals surface area contributed by atoms with Crippen molar-refractivity contribution in [2.75, 3.05) is 6.54 Å². The first kappa shape index (κ1) is 17.6. The number of carbonyl (C=O) groups is 1. The number of nitrogens with zero attached hydrogens (tertiary/aromatic N) is 2. The number of ketones is 1. The highest BCUT2D eigenvalue weighted by Crippen LogP contribution is 2.28. The lowest BCUT2D eigenvalue weighted by Crippen LogP contribution is -2.46. The van der Waals surface area contributed by atoms with Crippen LogP contribution in [-0.2, 0) is 17.9 Å². The van der Waals surface area contributed by atoms with Gasteiger partial charge in [0.25, 0.3) is 0 Å². The van der Waals surface area contributed by atoms with Gasteiger partial charge in [-0.2, -0.15) is 0 Å². The predicted octanol–water partition coefficient (Wildman–Crippen LogP) is 1.91. The van der Waals surface area contributed by atoms with Crippen molar-refractivity contribution in [3.63, 3.8) is 0 Å². The highest BCUT2D eigenvalue weighted by atomic mass is 35.5. The van der Waals surface area contributed by atoms with Gasteiger partial charge in [-0.25, -0.2) is 4.98 Å². The summed E-state index contributed by atoms with van der Waals surface area (Å²) in [5.74, 6) is 0.336. The quantitative estimate of drug-likeness (QED) is 0.746. The van der Waals surface area contributed by atoms with E-state index in [1.807, 2.05) is 0 Å². The normalized spacial score (nSPS) is 21.3. The van der Waals surface area contributed by atoms with E-state index in [9.17, 15) is 15.0 Å². The van der Waals surface area contributed by atoms with Crippen LogP contribution in [0.25, 0.3) is 11.0 Å². The van der Waals surface area contributed by atoms with E-state index < -0.39 is 6.10 Å². The topological polar surface area (TPSA) is 87.4 Å². The van der Waals surface area contributed by atoms with E-state index in [4.69, 9.17) is 23.2 Å². The molecule has 2 atom stereocenters. The molecule has 1 aliphatic rings. The van der Waals surface area contributed by atoms with Crippen LogP contribution in [0.2, 0.25) is 10.0 Å². The summed E-state index contributed by atoms with van der Waals surface area (Å²) in [6.07, 6.45) is 1.33. The number of halogens is 2. The average molecular weight is 372 g/mol. The second-order valence-corrected chi connectivity index (χ2v) is 6.85. The summed E-state index contributed by atoms with van der Waals surface area (Å²) in [6.45, 7) is 0.579. The number of imidazole rings is 1. The van der Waals surface area contributed by atoms with Crippen LogP contribution in [0.5, 0.6) is 0 Å². The Morgan fingerprint density at radius 1 is 1.38 bits per heavy atom. The molecule has 0 saturated carbocycles. The lowest BCUT2D eigenvalue weighted by molar-refractivity contribution is -0.121. The number of benzene rings is 1. The van der Waals surface area contributed by atoms with Crippen molar-refractivity contribution in [1.82, 2.24) is 14.9 Å². The summed E-state index contributed by atoms with van der Waals surface area (Å²) in [7, 11) is 0. The first-order valence-electron chi connectivity index (χ1n) is 7.87. The number of hydrogen-bond acceptors (Lipinski definition) is 5. The number of aliphatic hydroxyl groups excluding tert-OH is 2. The molecule has 0 radical (unpaired) electrons. The van der Waals surface area contributed by atoms with Crippen LogP contribution < -0.4 is 5.32 Å². The number of Topliss-reactive ketones (excluding diaryl/α,β-unsaturated/α-hetero) is 1. The van der Waals surface area contributed by atoms with E-state index in [1.165, 1.54) is 0 Å². The standard InChI is InChI=1S/C16H19Cl2N3O3/c17-10-5-12-14(6-11(10)18)21(16(8-22)20-12)7-9(23)4-13-15(24)2-1-3-19-13/h5-6,13,15,19,22,24H,1-4,7-8H2/t13-,15+/m1/s1. The molecule has 3 N–H and O–H groups in total. The molecule has 6 nitrogen and oxygen atoms in total. The Bertz CT molecular complexity index is 763. The minimum absolute atomic E-state index is 0.0477. The second kappa shape index (κ2) is 7.37. The Kier molecular flexibility index (Phi) is 5.42. The van der Waals surface area contributed by atoms with Crippen molar-refractivity contribution in [3.8, 4) is 0 Å². The fourth-order valence-corrected chi connectivity index (χ4v) is 3.41. The van der Waals surface area contributed by atoms with Crippen LogP contribution in [0.15, 0.2) is 12.1 Å². The first-order chi connectivity index (χ1) is 11.5. The number of rotatable bonds is 5. The second-order valence-electron chi connectivity index (χ2n) is 6.04. The smallest absolute Gasteiger partial charge is 0.154 e. The molecular weight excluding hydrogens is 353 g/mol. The van der Waals surface area contributed by atoms with E-state index in [2.05, 4.69) is 10.3 Å². The summed E-state index contributed by atoms with van der Waals surface area (Å²) < 4.78 is 1.65. The molecule has 24 heavy (non-hydrogen) atoms. The molecule has 0 aliphatic carbocycles. The van der Waals surface area contributed by atoms with Gasteiger partial charge in [0.1, 0.15) is 12.4 Å². The van der Waals surface area contributed by atoms with Gasteiger partial charge in [-0.05, 0) is 31.5 Å². The number of fused-ring (bicyclic) bond motifs is 1. The van der Waals surface area contributed by atoms with Gasteiger partial charge < -0.3 is 20.1 Å². The number of aliphatic hydroxyl groups is 2. The fourth-order valence-electron chi connectivity index (χ4n) is 3.10. The van der Waals surface area contributed by atoms with Gasteiger partial charge in [-0.15, -0.1) is 0 Å². The van der Waals surface area contributed by atoms with Gasteiger partial charge in [-0.3, -0.25) is 4.79 Å². The Balaban J connectivity index is 1.83. The molecular formula is C16H19Cl2N3O3. The number of carbonyl (C=O) groups excluding carboxylic acids is 1. The Hall–Kier alpha value is -1.18. The van der Waals surface area contributed by atoms with Gasteiger partial charge in [-0.1, -0.05) is 23.2 Å². The summed E-state index contributed by atoms with van der Waals surface area (Å²) in [6, 6.07) is 3.04. The molecule has 1 fully saturated rings. The van der Waals surface area contributed by atoms with E-state index in [1.54, 1.807) is 16.7 Å². The molecule has 0 amide bonds. The van der Waals surface area contributed by atoms with Crippen molar-refractivity contribution < 1.29 is 15.0 Å². The molecule has 3 rings (SSSR count). The number of nitrogens with one attached hydrogen (secondary N) is 1. The summed E-state index contributed by atoms with van der Waals surface area (Å²) in [4.78, 5) is 16.7. The maximum absolute atomic E-state index is 12.4. The van der Waals surface area contributed by atoms with Gasteiger partial charge in [0, 0.05) is 12.5 Å². The summed E-state index contributed by atoms with van der Waals surface area (Å²) >= 11 is 12.1. The molecule has 1 aromatic carbocycles. The maximum atomic E-state index is 12.4. The third kappa shape index (κ3) is 3.58. The lowest BCUT2D eigenvalue weighted by Gasteiger charge is -2.28. The van der Waals surface area contributed by atoms with Gasteiger partial charge in [0.2, 0.25) is 0 Å². The molecule has 1 aromatic heterocycles. The van der Waals surface area contributed by atoms with Crippen LogP contribution in [0.4, 0.5) is 0 Å². The van der Waals surface area contributed by atoms with E-state index in [-0.39, 0.29) is 31.4 Å². The molecule has 1 saturated heterocycles. The van der Waals surface area contributed by atoms with Crippen LogP contribution in [-0.4, -0.2) is 44.2 Å². The number of aromatic nitrogens is 2. The third-order valence-electron chi connectivity index (χ3n) is 4.34. The zero-order valence-corrected chi connectivity index (χ0v) is 14.5. The van der Waals surface area contributed by atoms with Crippen molar-refractivity contribution in [2.45, 2.75) is 44.6 Å². The molecule has 0 spiro atoms. The molecule has 8 heteroatoms. The zero-order chi connectivity index (χ0) is 17.3. The Morgan fingerprint density at radius 3 is 2.83 bits per heavy atom. The SMILES string of the molecule is O=C(C[C@H]1NCCC[C@@H]1O)Cn1c(CO)nc2cc(Cl)c(Cl)cc21. The zero-order valence-electron chi connectivity index (χ0n) is 13.0. The molecule has 0 unspecified atom stereocenters. The summed E-state index contributed by atoms with van der Waals surface area (Å²) in [5, 5.41) is 23.4. The fraction of sp³-hybridized carbons (Fsp3) is 0.500. The van der Waals surface area contributed by atoms with Crippen LogP contribution >= 0.6 is 23.2 Å². The van der Waals surface area contributed by atoms with Crippen LogP contribution in [0.1, 0.15) is 25.1 Å². The van der Waals surface area contributed by atoms with E-state index in [0.29, 0.717) is 33.3 Å². The molecule has 2 heterocycles. The summed E-state index contributed by atoms with van der Waals surface area (Å²) in [5.41, 5.74) is 1.23. The lowest BCUT2D eigenvalue weighted by atomic mass is 9.97. The molecule has 0 bridgehead atoms. The van der Waals surface area contributed by atoms with E-state index in [0.717, 1.165) is 13.0 Å². The van der Waals surface area contributed by atoms with Gasteiger partial charge >= 0.3 is 0 Å². The van der Waals surface area contributed by atoms with Crippen LogP contribution in [0.3, 0.4) is 0 Å². The number of piperidine rings is 1. The Morgan fingerprint density at radius 2 is 2.12 bits per heavy atom. The predicted molar refractivity (Wildman–Crippen MR) is 92.3 cm³/mol. The largest absolute Gasteiger partial charge is 0.391 e. The van der Waals surface area contributed by atoms with Crippen molar-refractivity contribution in [1.29, 1.82) is 0 Å². The van der Waals surface area contributed by atoms with Crippen molar-refractivity contribution in [2.24, 2.45) is 0 Å². The van der Waals surface area contributed by atoms with Gasteiger partial charge in [0.15, 0.2) is 5.78 Å². The minimum atomic E-state index is -0.507. The Labute approximate surface area is 149 Å². The number of hydrogen-bond donors (Lipinski definition) is 3. The van der Waals surface area contributed by atoms with Crippen molar-refractivity contribution in [3.05, 3.63) is 28.0 Å². The van der Waals surface area contributed by atoms with E-state index >= 15 is 0 Å². The third-order valence-corrected chi connectivity index (χ3v) is 5.06. The molecule has 2 aromatic rings. The molecule has 1 aliphatic heterocycles. The highest BCUT2D eigenvalue weighted by Gasteiger charge is 2.25. The highest BCUT2D eigenvalue weighted by molar-refractivity contribution is 6.42. The monoisotopic (exact) mass is 371 g/mol. The van der Waals surface area contributed by atoms with Crippen molar-refractivity contribution >= 4 is 40.0 Å². The maximum Gasteiger partial charge on any atom is 0.154 e. The molecule has 130 valence electrons. The van der Waals surface area contributed by atoms with Crippen LogP contribution in [0, 0.1) is 0 Å².